The summed E-state index contributed by atoms with van der Waals surface area (Å²) in [6.07, 6.45) is 4.74. The van der Waals surface area contributed by atoms with Crippen LogP contribution in [0.4, 0.5) is 11.8 Å². The zero-order valence-electron chi connectivity index (χ0n) is 9.28. The number of nitrogens with zero attached hydrogens (tertiary/aromatic N) is 5. The van der Waals surface area contributed by atoms with Crippen molar-refractivity contribution < 1.29 is 0 Å². The van der Waals surface area contributed by atoms with Gasteiger partial charge < -0.3 is 10.6 Å². The Labute approximate surface area is 94.2 Å². The second-order valence-corrected chi connectivity index (χ2v) is 3.08. The molecule has 0 spiro atoms. The van der Waals surface area contributed by atoms with E-state index in [2.05, 4.69) is 20.2 Å². The third-order valence-electron chi connectivity index (χ3n) is 1.61. The smallest absolute Gasteiger partial charge is 0.240 e. The molecule has 0 saturated carbocycles. The summed E-state index contributed by atoms with van der Waals surface area (Å²) in [4.78, 5) is 9.66. The monoisotopic (exact) mass is 218 g/mol. The number of nitrogen functional groups attached to an aromatic ring is 1. The van der Waals surface area contributed by atoms with Gasteiger partial charge in [-0.2, -0.15) is 5.10 Å². The highest BCUT2D eigenvalue weighted by Crippen LogP contribution is 2.02. The number of anilines is 2. The highest BCUT2D eigenvalue weighted by Gasteiger charge is 1.89. The molecule has 6 nitrogen and oxygen atoms in total. The molecular formula is C10H14N6. The predicted molar refractivity (Wildman–Crippen MR) is 62.8 cm³/mol. The number of nitrogens with two attached hydrogens (primary N) is 1. The average molecular weight is 218 g/mol. The molecule has 0 atom stereocenters. The van der Waals surface area contributed by atoms with E-state index in [1.165, 1.54) is 12.4 Å². The number of rotatable bonds is 1. The van der Waals surface area contributed by atoms with Crippen LogP contribution in [0.25, 0.3) is 0 Å². The zero-order valence-corrected chi connectivity index (χ0v) is 9.28. The van der Waals surface area contributed by atoms with Crippen LogP contribution in [0.5, 0.6) is 0 Å². The van der Waals surface area contributed by atoms with Crippen molar-refractivity contribution >= 4 is 11.8 Å². The van der Waals surface area contributed by atoms with E-state index >= 15 is 0 Å². The maximum atomic E-state index is 5.07. The molecule has 0 aliphatic heterocycles. The van der Waals surface area contributed by atoms with Crippen LogP contribution in [-0.2, 0) is 0 Å². The number of hydrogen-bond acceptors (Lipinski definition) is 6. The van der Waals surface area contributed by atoms with E-state index in [1.807, 2.05) is 37.2 Å². The van der Waals surface area contributed by atoms with Crippen LogP contribution in [0.1, 0.15) is 0 Å². The van der Waals surface area contributed by atoms with Gasteiger partial charge in [0.1, 0.15) is 5.82 Å². The number of pyridine rings is 1. The minimum Gasteiger partial charge on any atom is -0.366 e. The van der Waals surface area contributed by atoms with Gasteiger partial charge in [-0.05, 0) is 12.1 Å². The minimum absolute atomic E-state index is 0.211. The van der Waals surface area contributed by atoms with Gasteiger partial charge in [0.05, 0.1) is 12.4 Å². The molecule has 84 valence electrons. The van der Waals surface area contributed by atoms with Crippen molar-refractivity contribution in [2.45, 2.75) is 0 Å². The van der Waals surface area contributed by atoms with Crippen molar-refractivity contribution in [3.63, 3.8) is 0 Å². The molecular weight excluding hydrogens is 204 g/mol. The van der Waals surface area contributed by atoms with Gasteiger partial charge >= 0.3 is 0 Å². The molecule has 2 N–H and O–H groups in total. The predicted octanol–water partition coefficient (Wildman–Crippen LogP) is 0.601. The molecule has 16 heavy (non-hydrogen) atoms. The summed E-state index contributed by atoms with van der Waals surface area (Å²) >= 11 is 0. The zero-order chi connectivity index (χ0) is 11.8. The second kappa shape index (κ2) is 6.28. The van der Waals surface area contributed by atoms with Gasteiger partial charge in [-0.15, -0.1) is 5.10 Å². The molecule has 2 aromatic heterocycles. The molecule has 0 amide bonds. The van der Waals surface area contributed by atoms with E-state index in [4.69, 9.17) is 5.73 Å². The normalized spacial score (nSPS) is 8.88. The maximum absolute atomic E-state index is 5.07. The number of hydrogen-bond donors (Lipinski definition) is 1. The summed E-state index contributed by atoms with van der Waals surface area (Å²) in [7, 11) is 3.95. The molecule has 2 aromatic rings. The molecule has 0 radical (unpaired) electrons. The van der Waals surface area contributed by atoms with Gasteiger partial charge in [0, 0.05) is 20.3 Å². The van der Waals surface area contributed by atoms with Crippen LogP contribution < -0.4 is 10.6 Å². The Kier molecular flexibility index (Phi) is 4.65. The lowest BCUT2D eigenvalue weighted by Crippen LogP contribution is -2.09. The Balaban J connectivity index is 0.000000165. The molecule has 2 heterocycles. The van der Waals surface area contributed by atoms with Crippen molar-refractivity contribution in [3.8, 4) is 0 Å². The van der Waals surface area contributed by atoms with E-state index < -0.39 is 0 Å². The van der Waals surface area contributed by atoms with Crippen LogP contribution in [0.2, 0.25) is 0 Å². The van der Waals surface area contributed by atoms with Crippen molar-refractivity contribution in [3.05, 3.63) is 36.8 Å². The lowest BCUT2D eigenvalue weighted by atomic mass is 10.4. The third kappa shape index (κ3) is 4.32. The van der Waals surface area contributed by atoms with Crippen LogP contribution in [0.15, 0.2) is 36.8 Å². The molecule has 0 bridgehead atoms. The Morgan fingerprint density at radius 2 is 1.88 bits per heavy atom. The molecule has 0 unspecified atom stereocenters. The highest BCUT2D eigenvalue weighted by atomic mass is 15.2. The van der Waals surface area contributed by atoms with E-state index in [-0.39, 0.29) is 5.95 Å². The van der Waals surface area contributed by atoms with E-state index in [9.17, 15) is 0 Å². The second-order valence-electron chi connectivity index (χ2n) is 3.08. The highest BCUT2D eigenvalue weighted by molar-refractivity contribution is 5.34. The molecule has 0 saturated heterocycles. The van der Waals surface area contributed by atoms with Crippen LogP contribution in [-0.4, -0.2) is 34.3 Å². The average Bonchev–Trinajstić information content (AvgIpc) is 2.32. The summed E-state index contributed by atoms with van der Waals surface area (Å²) < 4.78 is 0. The minimum atomic E-state index is 0.211. The van der Waals surface area contributed by atoms with Gasteiger partial charge in [-0.1, -0.05) is 6.07 Å². The standard InChI is InChI=1S/C7H10N2.C3H4N4/c1-9(2)7-5-3-4-6-8-7;4-3-5-1-2-6-7-3/h3-6H,1-2H3;1-2H,(H2,4,5,7). The van der Waals surface area contributed by atoms with Gasteiger partial charge in [-0.3, -0.25) is 0 Å². The summed E-state index contributed by atoms with van der Waals surface area (Å²) in [5, 5.41) is 6.84. The fourth-order valence-corrected chi connectivity index (χ4v) is 0.876. The first kappa shape index (κ1) is 11.8. The fourth-order valence-electron chi connectivity index (χ4n) is 0.876. The summed E-state index contributed by atoms with van der Waals surface area (Å²) in [6, 6.07) is 5.86. The molecule has 6 heteroatoms. The van der Waals surface area contributed by atoms with Crippen LogP contribution >= 0.6 is 0 Å². The quantitative estimate of drug-likeness (QED) is 0.755. The molecule has 0 aliphatic rings. The van der Waals surface area contributed by atoms with Crippen molar-refractivity contribution in [1.82, 2.24) is 20.2 Å². The van der Waals surface area contributed by atoms with Gasteiger partial charge in [0.25, 0.3) is 0 Å². The number of aromatic nitrogens is 4. The molecule has 2 rings (SSSR count). The van der Waals surface area contributed by atoms with E-state index in [1.54, 1.807) is 6.20 Å². The summed E-state index contributed by atoms with van der Waals surface area (Å²) in [6.45, 7) is 0. The topological polar surface area (TPSA) is 80.8 Å². The van der Waals surface area contributed by atoms with Gasteiger partial charge in [-0.25, -0.2) is 9.97 Å². The van der Waals surface area contributed by atoms with E-state index in [0.29, 0.717) is 0 Å². The van der Waals surface area contributed by atoms with Crippen molar-refractivity contribution in [1.29, 1.82) is 0 Å². The SMILES string of the molecule is CN(C)c1ccccn1.Nc1nccnn1. The largest absolute Gasteiger partial charge is 0.366 e. The first-order valence-corrected chi connectivity index (χ1v) is 4.67. The van der Waals surface area contributed by atoms with Crippen LogP contribution in [0.3, 0.4) is 0 Å². The Morgan fingerprint density at radius 1 is 1.06 bits per heavy atom. The van der Waals surface area contributed by atoms with Gasteiger partial charge in [0.15, 0.2) is 0 Å². The molecule has 0 aromatic carbocycles. The maximum Gasteiger partial charge on any atom is 0.240 e. The summed E-state index contributed by atoms with van der Waals surface area (Å²) in [5.41, 5.74) is 5.07. The lowest BCUT2D eigenvalue weighted by molar-refractivity contribution is 0.986. The Hall–Kier alpha value is -2.24. The lowest BCUT2D eigenvalue weighted by Gasteiger charge is -2.08. The third-order valence-corrected chi connectivity index (χ3v) is 1.61. The Bertz CT molecular complexity index is 389. The summed E-state index contributed by atoms with van der Waals surface area (Å²) in [5.74, 6) is 1.21. The van der Waals surface area contributed by atoms with Crippen molar-refractivity contribution in [2.75, 3.05) is 24.7 Å². The Morgan fingerprint density at radius 3 is 2.19 bits per heavy atom. The molecule has 0 aliphatic carbocycles. The van der Waals surface area contributed by atoms with Crippen LogP contribution in [0, 0.1) is 0 Å². The first-order valence-electron chi connectivity index (χ1n) is 4.67. The van der Waals surface area contributed by atoms with E-state index in [0.717, 1.165) is 5.82 Å². The van der Waals surface area contributed by atoms with Gasteiger partial charge in [0.2, 0.25) is 5.95 Å². The molecule has 0 fully saturated rings. The van der Waals surface area contributed by atoms with Crippen molar-refractivity contribution in [2.24, 2.45) is 0 Å². The first-order chi connectivity index (χ1) is 7.70. The fraction of sp³-hybridized carbons (Fsp3) is 0.200.